The number of carbonyl (C=O) groups is 4. The van der Waals surface area contributed by atoms with Crippen LogP contribution in [0.4, 0.5) is 11.4 Å². The van der Waals surface area contributed by atoms with Gasteiger partial charge in [0.2, 0.25) is 5.91 Å². The molecule has 0 aliphatic heterocycles. The molecule has 0 spiro atoms. The molecule has 0 aromatic heterocycles. The zero-order chi connectivity index (χ0) is 24.5. The molecule has 0 bridgehead atoms. The fraction of sp³-hybridized carbons (Fsp3) is 0.185. The van der Waals surface area contributed by atoms with E-state index < -0.39 is 12.6 Å². The number of esters is 1. The van der Waals surface area contributed by atoms with Crippen molar-refractivity contribution < 1.29 is 23.9 Å². The first-order valence-electron chi connectivity index (χ1n) is 10.9. The highest BCUT2D eigenvalue weighted by Crippen LogP contribution is 2.18. The zero-order valence-electron chi connectivity index (χ0n) is 19.0. The first-order chi connectivity index (χ1) is 16.3. The Morgan fingerprint density at radius 2 is 1.41 bits per heavy atom. The molecule has 3 rings (SSSR count). The smallest absolute Gasteiger partial charge is 0.340 e. The lowest BCUT2D eigenvalue weighted by atomic mass is 10.1. The van der Waals surface area contributed by atoms with Crippen LogP contribution in [-0.2, 0) is 9.53 Å². The first kappa shape index (κ1) is 24.4. The lowest BCUT2D eigenvalue weighted by Gasteiger charge is -2.11. The van der Waals surface area contributed by atoms with Crippen LogP contribution in [0.3, 0.4) is 0 Å². The molecule has 2 N–H and O–H groups in total. The molecule has 0 heterocycles. The van der Waals surface area contributed by atoms with E-state index in [0.717, 1.165) is 0 Å². The van der Waals surface area contributed by atoms with E-state index in [1.807, 2.05) is 13.8 Å². The highest BCUT2D eigenvalue weighted by Gasteiger charge is 2.17. The van der Waals surface area contributed by atoms with Crippen LogP contribution in [0.1, 0.15) is 51.3 Å². The van der Waals surface area contributed by atoms with Crippen molar-refractivity contribution in [2.75, 3.05) is 17.2 Å². The Hall–Kier alpha value is -4.26. The van der Waals surface area contributed by atoms with Gasteiger partial charge in [-0.25, -0.2) is 4.79 Å². The van der Waals surface area contributed by atoms with E-state index in [-0.39, 0.29) is 34.8 Å². The quantitative estimate of drug-likeness (QED) is 0.348. The lowest BCUT2D eigenvalue weighted by molar-refractivity contribution is -0.116. The van der Waals surface area contributed by atoms with Crippen molar-refractivity contribution in [3.63, 3.8) is 0 Å². The Kier molecular flexibility index (Phi) is 8.29. The summed E-state index contributed by atoms with van der Waals surface area (Å²) >= 11 is 0. The van der Waals surface area contributed by atoms with Gasteiger partial charge in [0.1, 0.15) is 0 Å². The average Bonchev–Trinajstić information content (AvgIpc) is 2.83. The van der Waals surface area contributed by atoms with Gasteiger partial charge in [0.25, 0.3) is 5.91 Å². The molecule has 34 heavy (non-hydrogen) atoms. The van der Waals surface area contributed by atoms with E-state index in [1.54, 1.807) is 72.8 Å². The zero-order valence-corrected chi connectivity index (χ0v) is 19.0. The second-order valence-corrected chi connectivity index (χ2v) is 8.09. The highest BCUT2D eigenvalue weighted by atomic mass is 16.5. The van der Waals surface area contributed by atoms with Crippen molar-refractivity contribution in [1.82, 2.24) is 0 Å². The molecular formula is C27H26N2O5. The summed E-state index contributed by atoms with van der Waals surface area (Å²) in [4.78, 5) is 49.4. The van der Waals surface area contributed by atoms with Crippen LogP contribution in [0.2, 0.25) is 0 Å². The van der Waals surface area contributed by atoms with Crippen molar-refractivity contribution in [2.45, 2.75) is 20.3 Å². The number of para-hydroxylation sites is 1. The first-order valence-corrected chi connectivity index (χ1v) is 10.9. The van der Waals surface area contributed by atoms with E-state index in [2.05, 4.69) is 10.6 Å². The molecule has 174 valence electrons. The second-order valence-electron chi connectivity index (χ2n) is 8.09. The van der Waals surface area contributed by atoms with Gasteiger partial charge in [0.05, 0.1) is 11.3 Å². The minimum Gasteiger partial charge on any atom is -0.454 e. The summed E-state index contributed by atoms with van der Waals surface area (Å²) in [6.07, 6.45) is 0.407. The molecule has 0 atom stereocenters. The largest absolute Gasteiger partial charge is 0.454 e. The summed E-state index contributed by atoms with van der Waals surface area (Å²) in [6.45, 7) is 3.45. The molecule has 0 unspecified atom stereocenters. The monoisotopic (exact) mass is 458 g/mol. The molecule has 0 aliphatic rings. The van der Waals surface area contributed by atoms with Gasteiger partial charge in [0, 0.05) is 23.2 Å². The number of hydrogen-bond acceptors (Lipinski definition) is 5. The predicted molar refractivity (Wildman–Crippen MR) is 130 cm³/mol. The molecule has 0 radical (unpaired) electrons. The Balaban J connectivity index is 1.59. The number of anilines is 2. The third-order valence-electron chi connectivity index (χ3n) is 4.85. The number of ether oxygens (including phenoxy) is 1. The number of nitrogens with one attached hydrogen (secondary N) is 2. The van der Waals surface area contributed by atoms with Crippen LogP contribution in [0.25, 0.3) is 0 Å². The Morgan fingerprint density at radius 3 is 2.09 bits per heavy atom. The molecule has 0 fully saturated rings. The van der Waals surface area contributed by atoms with Gasteiger partial charge in [-0.05, 0) is 54.4 Å². The van der Waals surface area contributed by atoms with Gasteiger partial charge >= 0.3 is 5.97 Å². The highest BCUT2D eigenvalue weighted by molar-refractivity contribution is 6.08. The fourth-order valence-corrected chi connectivity index (χ4v) is 3.17. The standard InChI is InChI=1S/C27H26N2O5/c1-18(2)16-25(31)28-21-14-12-19(13-15-21)24(30)17-34-27(33)22-10-6-7-11-23(22)29-26(32)20-8-4-3-5-9-20/h3-15,18H,16-17H2,1-2H3,(H,28,31)(H,29,32). The van der Waals surface area contributed by atoms with E-state index in [1.165, 1.54) is 6.07 Å². The Labute approximate surface area is 198 Å². The van der Waals surface area contributed by atoms with Crippen LogP contribution in [0.15, 0.2) is 78.9 Å². The molecule has 0 aliphatic carbocycles. The van der Waals surface area contributed by atoms with Gasteiger partial charge in [-0.15, -0.1) is 0 Å². The van der Waals surface area contributed by atoms with Crippen molar-refractivity contribution >= 4 is 34.9 Å². The Bertz CT molecular complexity index is 1170. The number of rotatable bonds is 9. The maximum absolute atomic E-state index is 12.6. The van der Waals surface area contributed by atoms with E-state index >= 15 is 0 Å². The molecule has 7 heteroatoms. The molecule has 3 aromatic rings. The molecule has 0 saturated carbocycles. The van der Waals surface area contributed by atoms with Crippen molar-refractivity contribution in [3.05, 3.63) is 95.6 Å². The Morgan fingerprint density at radius 1 is 0.765 bits per heavy atom. The molecule has 2 amide bonds. The number of Topliss-reactive ketones (excluding diaryl/α,β-unsaturated/α-hetero) is 1. The summed E-state index contributed by atoms with van der Waals surface area (Å²) in [5.74, 6) is -1.33. The number of amides is 2. The van der Waals surface area contributed by atoms with Crippen LogP contribution in [-0.4, -0.2) is 30.2 Å². The summed E-state index contributed by atoms with van der Waals surface area (Å²) in [6, 6.07) is 21.4. The lowest BCUT2D eigenvalue weighted by Crippen LogP contribution is -2.18. The third kappa shape index (κ3) is 6.87. The number of ketones is 1. The minimum atomic E-state index is -0.727. The number of hydrogen-bond donors (Lipinski definition) is 2. The SMILES string of the molecule is CC(C)CC(=O)Nc1ccc(C(=O)COC(=O)c2ccccc2NC(=O)c2ccccc2)cc1. The maximum Gasteiger partial charge on any atom is 0.340 e. The molecule has 3 aromatic carbocycles. The maximum atomic E-state index is 12.6. The van der Waals surface area contributed by atoms with Gasteiger partial charge < -0.3 is 15.4 Å². The topological polar surface area (TPSA) is 102 Å². The predicted octanol–water partition coefficient (Wildman–Crippen LogP) is 4.96. The molecular weight excluding hydrogens is 432 g/mol. The van der Waals surface area contributed by atoms with Crippen LogP contribution >= 0.6 is 0 Å². The molecule has 0 saturated heterocycles. The molecule has 7 nitrogen and oxygen atoms in total. The summed E-state index contributed by atoms with van der Waals surface area (Å²) in [5, 5.41) is 5.48. The average molecular weight is 459 g/mol. The summed E-state index contributed by atoms with van der Waals surface area (Å²) in [7, 11) is 0. The fourth-order valence-electron chi connectivity index (χ4n) is 3.17. The van der Waals surface area contributed by atoms with Gasteiger partial charge in [-0.2, -0.15) is 0 Å². The van der Waals surface area contributed by atoms with Crippen LogP contribution in [0, 0.1) is 5.92 Å². The van der Waals surface area contributed by atoms with Crippen molar-refractivity contribution in [2.24, 2.45) is 5.92 Å². The third-order valence-corrected chi connectivity index (χ3v) is 4.85. The normalized spacial score (nSPS) is 10.4. The van der Waals surface area contributed by atoms with Gasteiger partial charge in [-0.3, -0.25) is 14.4 Å². The van der Waals surface area contributed by atoms with Gasteiger partial charge in [0.15, 0.2) is 12.4 Å². The van der Waals surface area contributed by atoms with Crippen LogP contribution in [0.5, 0.6) is 0 Å². The van der Waals surface area contributed by atoms with Crippen molar-refractivity contribution in [1.29, 1.82) is 0 Å². The van der Waals surface area contributed by atoms with Gasteiger partial charge in [-0.1, -0.05) is 44.2 Å². The van der Waals surface area contributed by atoms with E-state index in [9.17, 15) is 19.2 Å². The summed E-state index contributed by atoms with van der Waals surface area (Å²) < 4.78 is 5.20. The second kappa shape index (κ2) is 11.6. The minimum absolute atomic E-state index is 0.0963. The van der Waals surface area contributed by atoms with Crippen molar-refractivity contribution in [3.8, 4) is 0 Å². The van der Waals surface area contributed by atoms with Crippen LogP contribution < -0.4 is 10.6 Å². The summed E-state index contributed by atoms with van der Waals surface area (Å²) in [5.41, 5.74) is 1.81. The number of benzene rings is 3. The number of carbonyl (C=O) groups excluding carboxylic acids is 4. The van der Waals surface area contributed by atoms with E-state index in [0.29, 0.717) is 23.2 Å². The van der Waals surface area contributed by atoms with E-state index in [4.69, 9.17) is 4.74 Å².